The SMILES string of the molecule is C#CC(C)(C)c1cn(C)nn1. The van der Waals surface area contributed by atoms with Crippen molar-refractivity contribution in [3.05, 3.63) is 11.9 Å². The van der Waals surface area contributed by atoms with E-state index in [2.05, 4.69) is 16.2 Å². The van der Waals surface area contributed by atoms with E-state index in [-0.39, 0.29) is 5.41 Å². The third-order valence-corrected chi connectivity index (χ3v) is 1.60. The molecule has 0 aliphatic rings. The normalized spacial score (nSPS) is 11.1. The Kier molecular flexibility index (Phi) is 1.69. The van der Waals surface area contributed by atoms with E-state index in [9.17, 15) is 0 Å². The molecule has 0 aliphatic carbocycles. The molecule has 3 heteroatoms. The molecule has 11 heavy (non-hydrogen) atoms. The molecular weight excluding hydrogens is 138 g/mol. The van der Waals surface area contributed by atoms with Crippen LogP contribution in [0.4, 0.5) is 0 Å². The Morgan fingerprint density at radius 2 is 2.27 bits per heavy atom. The molecule has 0 amide bonds. The number of hydrogen-bond acceptors (Lipinski definition) is 2. The number of rotatable bonds is 1. The second kappa shape index (κ2) is 2.39. The molecule has 0 aromatic carbocycles. The molecule has 1 rings (SSSR count). The summed E-state index contributed by atoms with van der Waals surface area (Å²) < 4.78 is 1.65. The molecule has 0 saturated carbocycles. The van der Waals surface area contributed by atoms with Crippen molar-refractivity contribution in [2.45, 2.75) is 19.3 Å². The number of nitrogens with zero attached hydrogens (tertiary/aromatic N) is 3. The van der Waals surface area contributed by atoms with Gasteiger partial charge in [0.05, 0.1) is 5.41 Å². The molecule has 0 N–H and O–H groups in total. The minimum absolute atomic E-state index is 0.311. The first kappa shape index (κ1) is 7.80. The fraction of sp³-hybridized carbons (Fsp3) is 0.500. The fourth-order valence-electron chi connectivity index (χ4n) is 0.708. The monoisotopic (exact) mass is 149 g/mol. The van der Waals surface area contributed by atoms with Gasteiger partial charge in [-0.05, 0) is 13.8 Å². The Morgan fingerprint density at radius 3 is 2.64 bits per heavy atom. The van der Waals surface area contributed by atoms with Gasteiger partial charge in [0.1, 0.15) is 5.69 Å². The minimum atomic E-state index is -0.311. The van der Waals surface area contributed by atoms with Gasteiger partial charge in [-0.3, -0.25) is 4.68 Å². The highest BCUT2D eigenvalue weighted by atomic mass is 15.4. The number of hydrogen-bond donors (Lipinski definition) is 0. The molecule has 3 nitrogen and oxygen atoms in total. The van der Waals surface area contributed by atoms with Crippen LogP contribution in [0.5, 0.6) is 0 Å². The lowest BCUT2D eigenvalue weighted by atomic mass is 9.91. The van der Waals surface area contributed by atoms with Gasteiger partial charge in [-0.2, -0.15) is 0 Å². The third-order valence-electron chi connectivity index (χ3n) is 1.60. The van der Waals surface area contributed by atoms with Crippen LogP contribution in [0.25, 0.3) is 0 Å². The van der Waals surface area contributed by atoms with E-state index in [0.29, 0.717) is 0 Å². The van der Waals surface area contributed by atoms with Crippen molar-refractivity contribution in [1.82, 2.24) is 15.0 Å². The highest BCUT2D eigenvalue weighted by Crippen LogP contribution is 2.18. The zero-order valence-electron chi connectivity index (χ0n) is 7.00. The molecule has 1 heterocycles. The van der Waals surface area contributed by atoms with Crippen LogP contribution in [0.2, 0.25) is 0 Å². The molecular formula is C8H11N3. The van der Waals surface area contributed by atoms with Crippen LogP contribution < -0.4 is 0 Å². The van der Waals surface area contributed by atoms with E-state index in [1.54, 1.807) is 4.68 Å². The van der Waals surface area contributed by atoms with E-state index in [1.165, 1.54) is 0 Å². The van der Waals surface area contributed by atoms with Crippen LogP contribution in [-0.4, -0.2) is 15.0 Å². The summed E-state index contributed by atoms with van der Waals surface area (Å²) in [6, 6.07) is 0. The Bertz CT molecular complexity index is 291. The highest BCUT2D eigenvalue weighted by Gasteiger charge is 2.20. The summed E-state index contributed by atoms with van der Waals surface area (Å²) in [4.78, 5) is 0. The van der Waals surface area contributed by atoms with Gasteiger partial charge in [0.2, 0.25) is 0 Å². The van der Waals surface area contributed by atoms with Crippen LogP contribution in [-0.2, 0) is 12.5 Å². The summed E-state index contributed by atoms with van der Waals surface area (Å²) in [6.07, 6.45) is 7.15. The van der Waals surface area contributed by atoms with E-state index >= 15 is 0 Å². The van der Waals surface area contributed by atoms with Crippen LogP contribution in [0, 0.1) is 12.3 Å². The molecule has 0 saturated heterocycles. The molecule has 0 atom stereocenters. The minimum Gasteiger partial charge on any atom is -0.255 e. The van der Waals surface area contributed by atoms with Gasteiger partial charge in [0, 0.05) is 13.2 Å². The first-order valence-corrected chi connectivity index (χ1v) is 3.41. The molecule has 0 fully saturated rings. The summed E-state index contributed by atoms with van der Waals surface area (Å²) in [6.45, 7) is 3.88. The zero-order valence-corrected chi connectivity index (χ0v) is 7.00. The molecule has 58 valence electrons. The first-order valence-electron chi connectivity index (χ1n) is 3.41. The molecule has 0 unspecified atom stereocenters. The van der Waals surface area contributed by atoms with Crippen molar-refractivity contribution in [2.24, 2.45) is 7.05 Å². The first-order chi connectivity index (χ1) is 5.06. The van der Waals surface area contributed by atoms with Crippen LogP contribution >= 0.6 is 0 Å². The van der Waals surface area contributed by atoms with Crippen LogP contribution in [0.3, 0.4) is 0 Å². The maximum absolute atomic E-state index is 5.32. The largest absolute Gasteiger partial charge is 0.255 e. The number of terminal acetylenes is 1. The molecule has 0 radical (unpaired) electrons. The van der Waals surface area contributed by atoms with Gasteiger partial charge in [-0.15, -0.1) is 11.5 Å². The average Bonchev–Trinajstić information content (AvgIpc) is 2.36. The lowest BCUT2D eigenvalue weighted by Gasteiger charge is -2.11. The summed E-state index contributed by atoms with van der Waals surface area (Å²) in [5.74, 6) is 2.66. The van der Waals surface area contributed by atoms with E-state index < -0.39 is 0 Å². The lowest BCUT2D eigenvalue weighted by molar-refractivity contribution is 0.661. The predicted octanol–water partition coefficient (Wildman–Crippen LogP) is 0.726. The molecule has 1 aromatic heterocycles. The van der Waals surface area contributed by atoms with Gasteiger partial charge in [-0.25, -0.2) is 0 Å². The van der Waals surface area contributed by atoms with Gasteiger partial charge in [-0.1, -0.05) is 11.1 Å². The maximum atomic E-state index is 5.32. The predicted molar refractivity (Wildman–Crippen MR) is 42.9 cm³/mol. The zero-order chi connectivity index (χ0) is 8.48. The van der Waals surface area contributed by atoms with Crippen molar-refractivity contribution in [3.8, 4) is 12.3 Å². The molecule has 1 aromatic rings. The summed E-state index contributed by atoms with van der Waals surface area (Å²) >= 11 is 0. The quantitative estimate of drug-likeness (QED) is 0.551. The van der Waals surface area contributed by atoms with Crippen molar-refractivity contribution < 1.29 is 0 Å². The van der Waals surface area contributed by atoms with Crippen molar-refractivity contribution in [3.63, 3.8) is 0 Å². The Morgan fingerprint density at radius 1 is 1.64 bits per heavy atom. The van der Waals surface area contributed by atoms with Crippen molar-refractivity contribution in [1.29, 1.82) is 0 Å². The molecule has 0 spiro atoms. The van der Waals surface area contributed by atoms with E-state index in [4.69, 9.17) is 6.42 Å². The summed E-state index contributed by atoms with van der Waals surface area (Å²) in [5.41, 5.74) is 0.524. The topological polar surface area (TPSA) is 30.7 Å². The third kappa shape index (κ3) is 1.40. The van der Waals surface area contributed by atoms with E-state index in [1.807, 2.05) is 27.1 Å². The number of aryl methyl sites for hydroxylation is 1. The van der Waals surface area contributed by atoms with Gasteiger partial charge < -0.3 is 0 Å². The van der Waals surface area contributed by atoms with Crippen LogP contribution in [0.15, 0.2) is 6.20 Å². The Hall–Kier alpha value is -1.30. The summed E-state index contributed by atoms with van der Waals surface area (Å²) in [5, 5.41) is 7.73. The molecule has 0 aliphatic heterocycles. The van der Waals surface area contributed by atoms with Crippen LogP contribution in [0.1, 0.15) is 19.5 Å². The highest BCUT2D eigenvalue weighted by molar-refractivity contribution is 5.22. The lowest BCUT2D eigenvalue weighted by Crippen LogP contribution is -2.14. The molecule has 0 bridgehead atoms. The van der Waals surface area contributed by atoms with Crippen molar-refractivity contribution in [2.75, 3.05) is 0 Å². The van der Waals surface area contributed by atoms with Gasteiger partial charge in [0.15, 0.2) is 0 Å². The number of aromatic nitrogens is 3. The van der Waals surface area contributed by atoms with Gasteiger partial charge in [0.25, 0.3) is 0 Å². The second-order valence-electron chi connectivity index (χ2n) is 3.05. The smallest absolute Gasteiger partial charge is 0.100 e. The summed E-state index contributed by atoms with van der Waals surface area (Å²) in [7, 11) is 1.82. The maximum Gasteiger partial charge on any atom is 0.100 e. The Labute approximate surface area is 66.4 Å². The van der Waals surface area contributed by atoms with Gasteiger partial charge >= 0.3 is 0 Å². The Balaban J connectivity index is 3.04. The standard InChI is InChI=1S/C8H11N3/c1-5-8(2,3)7-6-11(4)10-9-7/h1,6H,2-4H3. The van der Waals surface area contributed by atoms with E-state index in [0.717, 1.165) is 5.69 Å². The fourth-order valence-corrected chi connectivity index (χ4v) is 0.708. The van der Waals surface area contributed by atoms with Crippen molar-refractivity contribution >= 4 is 0 Å². The average molecular weight is 149 g/mol. The second-order valence-corrected chi connectivity index (χ2v) is 3.05.